The fraction of sp³-hybridized carbons (Fsp3) is 0.964. The van der Waals surface area contributed by atoms with Crippen molar-refractivity contribution in [3.63, 3.8) is 0 Å². The predicted octanol–water partition coefficient (Wildman–Crippen LogP) is 8.90. The lowest BCUT2D eigenvalue weighted by Crippen LogP contribution is -2.23. The molecule has 0 fully saturated rings. The standard InChI is InChI=1S/C28H56O3/c1-3-5-7-9-11-13-14-15-16-17-18-19-21-23-25-27(29)28(30)31-26-24-22-20-12-10-8-6-4-2/h27,29H,3-26H2,1-2H3. The van der Waals surface area contributed by atoms with Crippen LogP contribution in [0.2, 0.25) is 0 Å². The van der Waals surface area contributed by atoms with Crippen molar-refractivity contribution in [2.75, 3.05) is 6.61 Å². The van der Waals surface area contributed by atoms with Crippen molar-refractivity contribution in [3.8, 4) is 0 Å². The maximum atomic E-state index is 11.8. The fourth-order valence-corrected chi connectivity index (χ4v) is 4.15. The summed E-state index contributed by atoms with van der Waals surface area (Å²) in [4.78, 5) is 11.8. The van der Waals surface area contributed by atoms with Gasteiger partial charge in [0.1, 0.15) is 0 Å². The molecule has 0 aliphatic carbocycles. The highest BCUT2D eigenvalue weighted by Crippen LogP contribution is 2.14. The Bertz CT molecular complexity index is 356. The molecule has 0 radical (unpaired) electrons. The molecule has 3 nitrogen and oxygen atoms in total. The van der Waals surface area contributed by atoms with Crippen molar-refractivity contribution in [2.24, 2.45) is 0 Å². The third kappa shape index (κ3) is 23.9. The Labute approximate surface area is 195 Å². The van der Waals surface area contributed by atoms with Gasteiger partial charge in [-0.3, -0.25) is 0 Å². The molecular formula is C28H56O3. The van der Waals surface area contributed by atoms with E-state index in [-0.39, 0.29) is 0 Å². The molecular weight excluding hydrogens is 384 g/mol. The topological polar surface area (TPSA) is 46.5 Å². The number of aliphatic hydroxyl groups excluding tert-OH is 1. The van der Waals surface area contributed by atoms with Crippen LogP contribution in [0.5, 0.6) is 0 Å². The highest BCUT2D eigenvalue weighted by atomic mass is 16.5. The van der Waals surface area contributed by atoms with Crippen molar-refractivity contribution < 1.29 is 14.6 Å². The lowest BCUT2D eigenvalue weighted by atomic mass is 10.0. The van der Waals surface area contributed by atoms with E-state index in [2.05, 4.69) is 13.8 Å². The molecule has 186 valence electrons. The zero-order valence-corrected chi connectivity index (χ0v) is 21.3. The molecule has 0 bridgehead atoms. The van der Waals surface area contributed by atoms with Gasteiger partial charge in [0.05, 0.1) is 6.61 Å². The van der Waals surface area contributed by atoms with Crippen molar-refractivity contribution >= 4 is 5.97 Å². The zero-order valence-electron chi connectivity index (χ0n) is 21.3. The Balaban J connectivity index is 3.28. The smallest absolute Gasteiger partial charge is 0.334 e. The van der Waals surface area contributed by atoms with Crippen LogP contribution >= 0.6 is 0 Å². The normalized spacial score (nSPS) is 12.2. The number of hydrogen-bond acceptors (Lipinski definition) is 3. The van der Waals surface area contributed by atoms with Crippen molar-refractivity contribution in [1.29, 1.82) is 0 Å². The number of ether oxygens (including phenoxy) is 1. The Morgan fingerprint density at radius 3 is 1.26 bits per heavy atom. The van der Waals surface area contributed by atoms with Crippen LogP contribution in [0.3, 0.4) is 0 Å². The second-order valence-electron chi connectivity index (χ2n) is 9.54. The van der Waals surface area contributed by atoms with Crippen molar-refractivity contribution in [3.05, 3.63) is 0 Å². The lowest BCUT2D eigenvalue weighted by molar-refractivity contribution is -0.154. The van der Waals surface area contributed by atoms with Gasteiger partial charge in [0, 0.05) is 0 Å². The molecule has 0 amide bonds. The summed E-state index contributed by atoms with van der Waals surface area (Å²) in [5.74, 6) is -0.419. The molecule has 0 aliphatic rings. The molecule has 0 aromatic rings. The van der Waals surface area contributed by atoms with E-state index in [9.17, 15) is 9.90 Å². The summed E-state index contributed by atoms with van der Waals surface area (Å²) in [7, 11) is 0. The second kappa shape index (κ2) is 25.7. The highest BCUT2D eigenvalue weighted by Gasteiger charge is 2.15. The van der Waals surface area contributed by atoms with Gasteiger partial charge < -0.3 is 9.84 Å². The summed E-state index contributed by atoms with van der Waals surface area (Å²) in [6.45, 7) is 4.97. The Morgan fingerprint density at radius 2 is 0.871 bits per heavy atom. The van der Waals surface area contributed by atoms with Crippen LogP contribution in [0.4, 0.5) is 0 Å². The molecule has 1 atom stereocenters. The molecule has 0 saturated carbocycles. The third-order valence-corrected chi connectivity index (χ3v) is 6.35. The van der Waals surface area contributed by atoms with Gasteiger partial charge in [-0.15, -0.1) is 0 Å². The van der Waals surface area contributed by atoms with Crippen LogP contribution in [0.1, 0.15) is 162 Å². The molecule has 0 spiro atoms. The van der Waals surface area contributed by atoms with E-state index < -0.39 is 12.1 Å². The Morgan fingerprint density at radius 1 is 0.548 bits per heavy atom. The van der Waals surface area contributed by atoms with Crippen molar-refractivity contribution in [2.45, 2.75) is 168 Å². The minimum atomic E-state index is -0.925. The molecule has 0 rings (SSSR count). The summed E-state index contributed by atoms with van der Waals surface area (Å²) in [5.41, 5.74) is 0. The molecule has 0 saturated heterocycles. The van der Waals surface area contributed by atoms with Gasteiger partial charge in [-0.05, 0) is 12.8 Å². The highest BCUT2D eigenvalue weighted by molar-refractivity contribution is 5.74. The Kier molecular flexibility index (Phi) is 25.2. The van der Waals surface area contributed by atoms with Crippen LogP contribution in [-0.4, -0.2) is 23.8 Å². The van der Waals surface area contributed by atoms with Crippen LogP contribution in [0.25, 0.3) is 0 Å². The summed E-state index contributed by atoms with van der Waals surface area (Å²) in [6, 6.07) is 0. The first-order chi connectivity index (χ1) is 15.2. The number of esters is 1. The minimum absolute atomic E-state index is 0.419. The summed E-state index contributed by atoms with van der Waals surface area (Å²) >= 11 is 0. The van der Waals surface area contributed by atoms with E-state index in [1.165, 1.54) is 116 Å². The number of hydrogen-bond donors (Lipinski definition) is 1. The first-order valence-electron chi connectivity index (χ1n) is 14.1. The molecule has 1 N–H and O–H groups in total. The predicted molar refractivity (Wildman–Crippen MR) is 135 cm³/mol. The van der Waals surface area contributed by atoms with Gasteiger partial charge in [0.25, 0.3) is 0 Å². The largest absolute Gasteiger partial charge is 0.464 e. The molecule has 0 heterocycles. The quantitative estimate of drug-likeness (QED) is 0.114. The molecule has 3 heteroatoms. The summed E-state index contributed by atoms with van der Waals surface area (Å²) in [5, 5.41) is 9.96. The first kappa shape index (κ1) is 30.4. The monoisotopic (exact) mass is 440 g/mol. The van der Waals surface area contributed by atoms with Gasteiger partial charge in [-0.1, -0.05) is 149 Å². The zero-order chi connectivity index (χ0) is 22.8. The number of aliphatic hydroxyl groups is 1. The number of rotatable bonds is 25. The molecule has 0 aliphatic heterocycles. The van der Waals surface area contributed by atoms with E-state index in [1.54, 1.807) is 0 Å². The summed E-state index contributed by atoms with van der Waals surface area (Å²) in [6.07, 6.45) is 27.9. The van der Waals surface area contributed by atoms with Crippen molar-refractivity contribution in [1.82, 2.24) is 0 Å². The van der Waals surface area contributed by atoms with Crippen LogP contribution in [0.15, 0.2) is 0 Å². The first-order valence-corrected chi connectivity index (χ1v) is 14.1. The second-order valence-corrected chi connectivity index (χ2v) is 9.54. The number of unbranched alkanes of at least 4 members (excludes halogenated alkanes) is 20. The maximum Gasteiger partial charge on any atom is 0.334 e. The summed E-state index contributed by atoms with van der Waals surface area (Å²) < 4.78 is 5.23. The SMILES string of the molecule is CCCCCCCCCCCCCCCCC(O)C(=O)OCCCCCCCCCC. The number of carbonyl (C=O) groups excluding carboxylic acids is 1. The molecule has 0 aromatic carbocycles. The average molecular weight is 441 g/mol. The van der Waals surface area contributed by atoms with Gasteiger partial charge >= 0.3 is 5.97 Å². The minimum Gasteiger partial charge on any atom is -0.464 e. The van der Waals surface area contributed by atoms with E-state index >= 15 is 0 Å². The van der Waals surface area contributed by atoms with Gasteiger partial charge in [0.2, 0.25) is 0 Å². The molecule has 31 heavy (non-hydrogen) atoms. The van der Waals surface area contributed by atoms with Crippen LogP contribution < -0.4 is 0 Å². The lowest BCUT2D eigenvalue weighted by Gasteiger charge is -2.10. The maximum absolute atomic E-state index is 11.8. The third-order valence-electron chi connectivity index (χ3n) is 6.35. The molecule has 1 unspecified atom stereocenters. The van der Waals surface area contributed by atoms with Crippen LogP contribution in [-0.2, 0) is 9.53 Å². The van der Waals surface area contributed by atoms with Gasteiger partial charge in [0.15, 0.2) is 6.10 Å². The van der Waals surface area contributed by atoms with Gasteiger partial charge in [-0.2, -0.15) is 0 Å². The number of carbonyl (C=O) groups is 1. The van der Waals surface area contributed by atoms with E-state index in [1.807, 2.05) is 0 Å². The molecule has 0 aromatic heterocycles. The van der Waals surface area contributed by atoms with E-state index in [0.29, 0.717) is 13.0 Å². The Hall–Kier alpha value is -0.570. The van der Waals surface area contributed by atoms with E-state index in [4.69, 9.17) is 4.74 Å². The average Bonchev–Trinajstić information content (AvgIpc) is 2.77. The van der Waals surface area contributed by atoms with Gasteiger partial charge in [-0.25, -0.2) is 4.79 Å². The fourth-order valence-electron chi connectivity index (χ4n) is 4.15. The van der Waals surface area contributed by atoms with E-state index in [0.717, 1.165) is 25.7 Å². The van der Waals surface area contributed by atoms with Crippen LogP contribution in [0, 0.1) is 0 Å².